The Bertz CT molecular complexity index is 855. The first-order chi connectivity index (χ1) is 14.6. The molecule has 0 aliphatic carbocycles. The van der Waals surface area contributed by atoms with Crippen molar-refractivity contribution < 1.29 is 4.52 Å². The van der Waals surface area contributed by atoms with Crippen LogP contribution in [0.25, 0.3) is 11.4 Å². The number of aromatic nitrogens is 2. The fourth-order valence-corrected chi connectivity index (χ4v) is 4.80. The molecule has 7 nitrogen and oxygen atoms in total. The molecule has 30 heavy (non-hydrogen) atoms. The lowest BCUT2D eigenvalue weighted by Gasteiger charge is -2.47. The zero-order valence-corrected chi connectivity index (χ0v) is 18.5. The molecule has 2 atom stereocenters. The Hall–Kier alpha value is -2.12. The number of piperidine rings is 2. The molecule has 162 valence electrons. The number of rotatable bonds is 6. The van der Waals surface area contributed by atoms with Crippen molar-refractivity contribution in [3.05, 3.63) is 35.2 Å². The van der Waals surface area contributed by atoms with Crippen LogP contribution in [-0.4, -0.2) is 59.3 Å². The summed E-state index contributed by atoms with van der Waals surface area (Å²) in [5.41, 5.74) is 0.851. The van der Waals surface area contributed by atoms with Gasteiger partial charge in [-0.3, -0.25) is 4.99 Å². The lowest BCUT2D eigenvalue weighted by atomic mass is 9.82. The highest BCUT2D eigenvalue weighted by molar-refractivity contribution is 6.30. The summed E-state index contributed by atoms with van der Waals surface area (Å²) in [7, 11) is 2.28. The van der Waals surface area contributed by atoms with Gasteiger partial charge in [0.05, 0.1) is 6.54 Å². The van der Waals surface area contributed by atoms with Gasteiger partial charge in [-0.1, -0.05) is 35.3 Å². The molecule has 2 fully saturated rings. The van der Waals surface area contributed by atoms with Crippen molar-refractivity contribution in [2.45, 2.75) is 63.6 Å². The Morgan fingerprint density at radius 3 is 2.83 bits per heavy atom. The Balaban J connectivity index is 1.33. The van der Waals surface area contributed by atoms with Crippen LogP contribution in [-0.2, 0) is 6.42 Å². The van der Waals surface area contributed by atoms with Gasteiger partial charge in [-0.05, 0) is 51.8 Å². The molecular weight excluding hydrogens is 400 g/mol. The van der Waals surface area contributed by atoms with Crippen LogP contribution in [0.3, 0.4) is 0 Å². The Morgan fingerprint density at radius 1 is 1.30 bits per heavy atom. The van der Waals surface area contributed by atoms with Crippen LogP contribution in [0, 0.1) is 0 Å². The van der Waals surface area contributed by atoms with E-state index in [1.165, 1.54) is 32.1 Å². The second kappa shape index (κ2) is 9.79. The molecule has 0 spiro atoms. The van der Waals surface area contributed by atoms with Crippen molar-refractivity contribution in [2.24, 2.45) is 4.99 Å². The average molecular weight is 431 g/mol. The van der Waals surface area contributed by atoms with Gasteiger partial charge in [0.1, 0.15) is 0 Å². The summed E-state index contributed by atoms with van der Waals surface area (Å²) >= 11 is 6.05. The molecule has 2 bridgehead atoms. The maximum atomic E-state index is 6.05. The monoisotopic (exact) mass is 430 g/mol. The first-order valence-electron chi connectivity index (χ1n) is 11.0. The molecular formula is C22H31ClN6O. The molecule has 0 radical (unpaired) electrons. The predicted molar refractivity (Wildman–Crippen MR) is 120 cm³/mol. The Kier molecular flexibility index (Phi) is 6.89. The molecule has 2 aromatic rings. The van der Waals surface area contributed by atoms with E-state index in [0.717, 1.165) is 18.1 Å². The van der Waals surface area contributed by atoms with E-state index < -0.39 is 0 Å². The molecule has 0 saturated carbocycles. The van der Waals surface area contributed by atoms with Crippen LogP contribution >= 0.6 is 11.6 Å². The van der Waals surface area contributed by atoms with Crippen molar-refractivity contribution in [1.82, 2.24) is 25.7 Å². The van der Waals surface area contributed by atoms with Crippen LogP contribution in [0.2, 0.25) is 5.02 Å². The lowest BCUT2D eigenvalue weighted by molar-refractivity contribution is 0.0526. The number of nitrogens with one attached hydrogen (secondary N) is 2. The largest absolute Gasteiger partial charge is 0.357 e. The molecule has 2 unspecified atom stereocenters. The quantitative estimate of drug-likeness (QED) is 0.539. The molecule has 2 saturated heterocycles. The van der Waals surface area contributed by atoms with E-state index in [0.29, 0.717) is 47.8 Å². The summed E-state index contributed by atoms with van der Waals surface area (Å²) in [6.07, 6.45) is 6.95. The number of halogens is 1. The van der Waals surface area contributed by atoms with E-state index in [1.807, 2.05) is 24.3 Å². The normalized spacial score (nSPS) is 24.6. The molecule has 3 heterocycles. The van der Waals surface area contributed by atoms with Crippen molar-refractivity contribution in [2.75, 3.05) is 20.1 Å². The summed E-state index contributed by atoms with van der Waals surface area (Å²) < 4.78 is 5.39. The number of aliphatic imine (C=N–C) groups is 1. The molecule has 2 aliphatic heterocycles. The molecule has 8 heteroatoms. The second-order valence-corrected chi connectivity index (χ2v) is 8.69. The fourth-order valence-electron chi connectivity index (χ4n) is 4.61. The maximum absolute atomic E-state index is 6.05. The predicted octanol–water partition coefficient (Wildman–Crippen LogP) is 3.50. The third kappa shape index (κ3) is 5.13. The van der Waals surface area contributed by atoms with Crippen LogP contribution in [0.1, 0.15) is 44.9 Å². The summed E-state index contributed by atoms with van der Waals surface area (Å²) in [5, 5.41) is 11.8. The van der Waals surface area contributed by atoms with Crippen molar-refractivity contribution >= 4 is 17.6 Å². The third-order valence-corrected chi connectivity index (χ3v) is 6.41. The van der Waals surface area contributed by atoms with Gasteiger partial charge in [-0.2, -0.15) is 4.98 Å². The van der Waals surface area contributed by atoms with E-state index in [1.54, 1.807) is 0 Å². The zero-order valence-electron chi connectivity index (χ0n) is 17.8. The summed E-state index contributed by atoms with van der Waals surface area (Å²) in [6, 6.07) is 9.33. The Labute approximate surface area is 183 Å². The first kappa shape index (κ1) is 21.1. The van der Waals surface area contributed by atoms with E-state index in [4.69, 9.17) is 21.1 Å². The summed E-state index contributed by atoms with van der Waals surface area (Å²) in [6.45, 7) is 3.52. The fraction of sp³-hybridized carbons (Fsp3) is 0.591. The minimum absolute atomic E-state index is 0.479. The maximum Gasteiger partial charge on any atom is 0.228 e. The van der Waals surface area contributed by atoms with E-state index in [2.05, 4.69) is 39.6 Å². The number of benzene rings is 1. The standard InChI is InChI=1S/C22H31ClN6O/c1-3-24-22(26-17-13-18-8-5-9-19(14-17)29(18)2)25-11-10-20-27-21(28-30-20)15-6-4-7-16(23)12-15/h4,6-7,12,17-19H,3,5,8-11,13-14H2,1-2H3,(H2,24,25,26). The van der Waals surface area contributed by atoms with Gasteiger partial charge in [0.2, 0.25) is 11.7 Å². The summed E-state index contributed by atoms with van der Waals surface area (Å²) in [4.78, 5) is 11.8. The minimum Gasteiger partial charge on any atom is -0.357 e. The van der Waals surface area contributed by atoms with Crippen LogP contribution in [0.15, 0.2) is 33.8 Å². The van der Waals surface area contributed by atoms with Crippen molar-refractivity contribution in [3.8, 4) is 11.4 Å². The molecule has 1 aromatic heterocycles. The van der Waals surface area contributed by atoms with Gasteiger partial charge in [0, 0.05) is 41.7 Å². The van der Waals surface area contributed by atoms with E-state index in [9.17, 15) is 0 Å². The second-order valence-electron chi connectivity index (χ2n) is 8.25. The number of guanidine groups is 1. The highest BCUT2D eigenvalue weighted by Gasteiger charge is 2.36. The highest BCUT2D eigenvalue weighted by atomic mass is 35.5. The van der Waals surface area contributed by atoms with Gasteiger partial charge in [-0.15, -0.1) is 0 Å². The van der Waals surface area contributed by atoms with E-state index >= 15 is 0 Å². The SMILES string of the molecule is CCNC(=NCCc1nc(-c2cccc(Cl)c2)no1)NC1CC2CCCC(C1)N2C. The van der Waals surface area contributed by atoms with Crippen LogP contribution in [0.5, 0.6) is 0 Å². The minimum atomic E-state index is 0.479. The Morgan fingerprint density at radius 2 is 2.10 bits per heavy atom. The molecule has 1 aromatic carbocycles. The van der Waals surface area contributed by atoms with E-state index in [-0.39, 0.29) is 0 Å². The number of hydrogen-bond donors (Lipinski definition) is 2. The van der Waals surface area contributed by atoms with Crippen molar-refractivity contribution in [3.63, 3.8) is 0 Å². The highest BCUT2D eigenvalue weighted by Crippen LogP contribution is 2.32. The third-order valence-electron chi connectivity index (χ3n) is 6.17. The smallest absolute Gasteiger partial charge is 0.228 e. The van der Waals surface area contributed by atoms with Gasteiger partial charge in [0.25, 0.3) is 0 Å². The molecule has 2 aliphatic rings. The van der Waals surface area contributed by atoms with Crippen LogP contribution < -0.4 is 10.6 Å². The topological polar surface area (TPSA) is 78.6 Å². The first-order valence-corrected chi connectivity index (χ1v) is 11.4. The van der Waals surface area contributed by atoms with Crippen molar-refractivity contribution in [1.29, 1.82) is 0 Å². The molecule has 2 N–H and O–H groups in total. The number of fused-ring (bicyclic) bond motifs is 2. The zero-order chi connectivity index (χ0) is 20.9. The van der Waals surface area contributed by atoms with Crippen LogP contribution in [0.4, 0.5) is 0 Å². The van der Waals surface area contributed by atoms with Gasteiger partial charge in [-0.25, -0.2) is 0 Å². The summed E-state index contributed by atoms with van der Waals surface area (Å²) in [5.74, 6) is 2.01. The van der Waals surface area contributed by atoms with Gasteiger partial charge in [0.15, 0.2) is 5.96 Å². The average Bonchev–Trinajstić information content (AvgIpc) is 3.18. The van der Waals surface area contributed by atoms with Gasteiger partial charge < -0.3 is 20.1 Å². The molecule has 0 amide bonds. The number of hydrogen-bond acceptors (Lipinski definition) is 5. The number of nitrogens with zero attached hydrogens (tertiary/aromatic N) is 4. The molecule has 4 rings (SSSR count). The lowest BCUT2D eigenvalue weighted by Crippen LogP contribution is -2.56. The van der Waals surface area contributed by atoms with Gasteiger partial charge >= 0.3 is 0 Å².